The molecular weight excluding hydrogens is 394 g/mol. The number of esters is 1. The third-order valence-corrected chi connectivity index (χ3v) is 4.69. The average molecular weight is 417 g/mol. The molecule has 0 aliphatic rings. The molecule has 0 aliphatic carbocycles. The van der Waals surface area contributed by atoms with Crippen LogP contribution in [0.4, 0.5) is 0 Å². The summed E-state index contributed by atoms with van der Waals surface area (Å²) in [6.07, 6.45) is -0.0987. The van der Waals surface area contributed by atoms with Crippen LogP contribution in [0.15, 0.2) is 84.9 Å². The van der Waals surface area contributed by atoms with Crippen LogP contribution in [-0.4, -0.2) is 31.4 Å². The molecule has 0 radical (unpaired) electrons. The van der Waals surface area contributed by atoms with Crippen molar-refractivity contribution >= 4 is 17.7 Å². The van der Waals surface area contributed by atoms with E-state index in [0.29, 0.717) is 16.9 Å². The molecule has 3 aromatic carbocycles. The summed E-state index contributed by atoms with van der Waals surface area (Å²) in [7, 11) is 1.54. The summed E-state index contributed by atoms with van der Waals surface area (Å²) in [6, 6.07) is 23.9. The Morgan fingerprint density at radius 2 is 1.42 bits per heavy atom. The molecule has 6 heteroatoms. The van der Waals surface area contributed by atoms with Crippen LogP contribution in [0.25, 0.3) is 0 Å². The summed E-state index contributed by atoms with van der Waals surface area (Å²) in [4.78, 5) is 37.3. The lowest BCUT2D eigenvalue weighted by Crippen LogP contribution is -2.31. The molecule has 1 N–H and O–H groups in total. The standard InChI is InChI=1S/C25H23NO5/c1-30-21-14-12-19(13-15-21)23(27)17-31-24(28)16-22(18-8-4-2-5-9-18)26-25(29)20-10-6-3-7-11-20/h2-15,22H,16-17H2,1H3,(H,26,29)/t22-/m1/s1. The van der Waals surface area contributed by atoms with E-state index >= 15 is 0 Å². The topological polar surface area (TPSA) is 81.7 Å². The summed E-state index contributed by atoms with van der Waals surface area (Å²) in [5.41, 5.74) is 1.68. The van der Waals surface area contributed by atoms with E-state index < -0.39 is 12.0 Å². The number of rotatable bonds is 9. The zero-order chi connectivity index (χ0) is 22.1. The van der Waals surface area contributed by atoms with E-state index in [9.17, 15) is 14.4 Å². The van der Waals surface area contributed by atoms with Crippen molar-refractivity contribution < 1.29 is 23.9 Å². The van der Waals surface area contributed by atoms with Gasteiger partial charge >= 0.3 is 5.97 Å². The van der Waals surface area contributed by atoms with E-state index in [0.717, 1.165) is 5.56 Å². The maximum atomic E-state index is 12.6. The Labute approximate surface area is 180 Å². The van der Waals surface area contributed by atoms with Crippen LogP contribution >= 0.6 is 0 Å². The Hall–Kier alpha value is -3.93. The predicted molar refractivity (Wildman–Crippen MR) is 116 cm³/mol. The number of hydrogen-bond acceptors (Lipinski definition) is 5. The summed E-state index contributed by atoms with van der Waals surface area (Å²) in [5, 5.41) is 2.87. The van der Waals surface area contributed by atoms with Crippen LogP contribution in [-0.2, 0) is 9.53 Å². The highest BCUT2D eigenvalue weighted by molar-refractivity contribution is 5.98. The van der Waals surface area contributed by atoms with Gasteiger partial charge in [-0.25, -0.2) is 0 Å². The van der Waals surface area contributed by atoms with Gasteiger partial charge in [-0.2, -0.15) is 0 Å². The van der Waals surface area contributed by atoms with E-state index in [-0.39, 0.29) is 24.7 Å². The molecule has 0 fully saturated rings. The maximum absolute atomic E-state index is 12.6. The van der Waals surface area contributed by atoms with Gasteiger partial charge in [0.2, 0.25) is 0 Å². The summed E-state index contributed by atoms with van der Waals surface area (Å²) >= 11 is 0. The number of nitrogens with one attached hydrogen (secondary N) is 1. The predicted octanol–water partition coefficient (Wildman–Crippen LogP) is 3.98. The van der Waals surface area contributed by atoms with Gasteiger partial charge in [0.25, 0.3) is 5.91 Å². The first-order valence-electron chi connectivity index (χ1n) is 9.80. The van der Waals surface area contributed by atoms with Gasteiger partial charge in [0.05, 0.1) is 19.6 Å². The Balaban J connectivity index is 1.62. The molecule has 0 aliphatic heterocycles. The number of amides is 1. The van der Waals surface area contributed by atoms with Crippen molar-refractivity contribution in [1.29, 1.82) is 0 Å². The SMILES string of the molecule is COc1ccc(C(=O)COC(=O)C[C@@H](NC(=O)c2ccccc2)c2ccccc2)cc1. The van der Waals surface area contributed by atoms with Gasteiger partial charge in [-0.1, -0.05) is 48.5 Å². The van der Waals surface area contributed by atoms with Crippen LogP contribution in [0.5, 0.6) is 5.75 Å². The molecule has 158 valence electrons. The fraction of sp³-hybridized carbons (Fsp3) is 0.160. The molecule has 1 amide bonds. The third kappa shape index (κ3) is 6.27. The monoisotopic (exact) mass is 417 g/mol. The van der Waals surface area contributed by atoms with Gasteiger partial charge in [0.15, 0.2) is 12.4 Å². The second-order valence-corrected chi connectivity index (χ2v) is 6.82. The Morgan fingerprint density at radius 3 is 2.03 bits per heavy atom. The first-order chi connectivity index (χ1) is 15.1. The summed E-state index contributed by atoms with van der Waals surface area (Å²) in [6.45, 7) is -0.376. The molecule has 0 spiro atoms. The van der Waals surface area contributed by atoms with Crippen LogP contribution in [0.2, 0.25) is 0 Å². The van der Waals surface area contributed by atoms with Crippen molar-refractivity contribution in [3.8, 4) is 5.75 Å². The van der Waals surface area contributed by atoms with Crippen LogP contribution < -0.4 is 10.1 Å². The number of carbonyl (C=O) groups excluding carboxylic acids is 3. The molecule has 0 bridgehead atoms. The van der Waals surface area contributed by atoms with E-state index in [1.54, 1.807) is 55.6 Å². The van der Waals surface area contributed by atoms with Gasteiger partial charge in [0, 0.05) is 11.1 Å². The molecule has 6 nitrogen and oxygen atoms in total. The van der Waals surface area contributed by atoms with Crippen LogP contribution in [0.1, 0.15) is 38.7 Å². The Morgan fingerprint density at radius 1 is 0.806 bits per heavy atom. The molecule has 0 saturated carbocycles. The molecule has 1 atom stereocenters. The summed E-state index contributed by atoms with van der Waals surface area (Å²) < 4.78 is 10.2. The lowest BCUT2D eigenvalue weighted by molar-refractivity contribution is -0.143. The second-order valence-electron chi connectivity index (χ2n) is 6.82. The molecular formula is C25H23NO5. The number of hydrogen-bond donors (Lipinski definition) is 1. The minimum atomic E-state index is -0.586. The fourth-order valence-electron chi connectivity index (χ4n) is 3.00. The van der Waals surface area contributed by atoms with E-state index in [1.165, 1.54) is 0 Å². The number of carbonyl (C=O) groups is 3. The van der Waals surface area contributed by atoms with Crippen molar-refractivity contribution in [3.63, 3.8) is 0 Å². The maximum Gasteiger partial charge on any atom is 0.308 e. The summed E-state index contributed by atoms with van der Waals surface area (Å²) in [5.74, 6) is -0.561. The second kappa shape index (κ2) is 10.7. The van der Waals surface area contributed by atoms with Gasteiger partial charge in [0.1, 0.15) is 5.75 Å². The normalized spacial score (nSPS) is 11.3. The molecule has 3 rings (SSSR count). The zero-order valence-electron chi connectivity index (χ0n) is 17.1. The molecule has 31 heavy (non-hydrogen) atoms. The number of ether oxygens (including phenoxy) is 2. The average Bonchev–Trinajstić information content (AvgIpc) is 2.83. The van der Waals surface area contributed by atoms with Crippen molar-refractivity contribution in [3.05, 3.63) is 102 Å². The quantitative estimate of drug-likeness (QED) is 0.421. The molecule has 0 saturated heterocycles. The number of methoxy groups -OCH3 is 1. The van der Waals surface area contributed by atoms with Gasteiger partial charge < -0.3 is 14.8 Å². The first-order valence-corrected chi connectivity index (χ1v) is 9.80. The van der Waals surface area contributed by atoms with Crippen molar-refractivity contribution in [2.24, 2.45) is 0 Å². The largest absolute Gasteiger partial charge is 0.497 e. The van der Waals surface area contributed by atoms with Crippen molar-refractivity contribution in [2.45, 2.75) is 12.5 Å². The highest BCUT2D eigenvalue weighted by Crippen LogP contribution is 2.19. The molecule has 0 heterocycles. The van der Waals surface area contributed by atoms with Gasteiger partial charge in [-0.3, -0.25) is 14.4 Å². The first kappa shape index (κ1) is 21.8. The number of benzene rings is 3. The van der Waals surface area contributed by atoms with Crippen LogP contribution in [0, 0.1) is 0 Å². The molecule has 0 unspecified atom stereocenters. The minimum absolute atomic E-state index is 0.0987. The highest BCUT2D eigenvalue weighted by Gasteiger charge is 2.21. The lowest BCUT2D eigenvalue weighted by Gasteiger charge is -2.18. The van der Waals surface area contributed by atoms with E-state index in [2.05, 4.69) is 5.32 Å². The van der Waals surface area contributed by atoms with Crippen molar-refractivity contribution in [2.75, 3.05) is 13.7 Å². The highest BCUT2D eigenvalue weighted by atomic mass is 16.5. The molecule has 0 aromatic heterocycles. The fourth-order valence-corrected chi connectivity index (χ4v) is 3.00. The Kier molecular flexibility index (Phi) is 7.54. The van der Waals surface area contributed by atoms with Crippen LogP contribution in [0.3, 0.4) is 0 Å². The third-order valence-electron chi connectivity index (χ3n) is 4.69. The van der Waals surface area contributed by atoms with E-state index in [1.807, 2.05) is 36.4 Å². The van der Waals surface area contributed by atoms with Crippen molar-refractivity contribution in [1.82, 2.24) is 5.32 Å². The van der Waals surface area contributed by atoms with Gasteiger partial charge in [-0.05, 0) is 42.0 Å². The zero-order valence-corrected chi connectivity index (χ0v) is 17.1. The van der Waals surface area contributed by atoms with Gasteiger partial charge in [-0.15, -0.1) is 0 Å². The molecule has 3 aromatic rings. The Bertz CT molecular complexity index is 1020. The number of ketones is 1. The minimum Gasteiger partial charge on any atom is -0.497 e. The van der Waals surface area contributed by atoms with E-state index in [4.69, 9.17) is 9.47 Å². The lowest BCUT2D eigenvalue weighted by atomic mass is 10.0. The smallest absolute Gasteiger partial charge is 0.308 e. The number of Topliss-reactive ketones (excluding diaryl/α,β-unsaturated/α-hetero) is 1.